The monoisotopic (exact) mass is 498 g/mol. The lowest BCUT2D eigenvalue weighted by Crippen LogP contribution is -2.49. The number of likely N-dealkylation sites (tertiary alicyclic amines) is 1. The van der Waals surface area contributed by atoms with Gasteiger partial charge in [0.1, 0.15) is 5.75 Å². The molecule has 8 heteroatoms. The number of carbonyl (C=O) groups excluding carboxylic acids is 3. The number of amides is 1. The van der Waals surface area contributed by atoms with Crippen molar-refractivity contribution in [2.75, 3.05) is 26.9 Å². The molecule has 2 atom stereocenters. The zero-order valence-corrected chi connectivity index (χ0v) is 22.0. The molecule has 0 aliphatic carbocycles. The van der Waals surface area contributed by atoms with Crippen LogP contribution >= 0.6 is 0 Å². The number of ether oxygens (including phenoxy) is 3. The van der Waals surface area contributed by atoms with E-state index in [1.165, 1.54) is 0 Å². The minimum absolute atomic E-state index is 0.0326. The second kappa shape index (κ2) is 12.7. The van der Waals surface area contributed by atoms with Gasteiger partial charge in [-0.15, -0.1) is 0 Å². The van der Waals surface area contributed by atoms with Gasteiger partial charge in [-0.2, -0.15) is 0 Å². The molecule has 0 saturated carbocycles. The summed E-state index contributed by atoms with van der Waals surface area (Å²) in [5.41, 5.74) is 2.71. The smallest absolute Gasteiger partial charge is 0.338 e. The van der Waals surface area contributed by atoms with Gasteiger partial charge in [0.25, 0.3) is 5.91 Å². The number of aryl methyl sites for hydroxylation is 1. The summed E-state index contributed by atoms with van der Waals surface area (Å²) in [6, 6.07) is 8.65. The Morgan fingerprint density at radius 1 is 1.00 bits per heavy atom. The quantitative estimate of drug-likeness (QED) is 0.260. The van der Waals surface area contributed by atoms with Crippen LogP contribution in [0, 0.1) is 13.8 Å². The number of piperidine rings is 1. The maximum atomic E-state index is 12.7. The predicted molar refractivity (Wildman–Crippen MR) is 137 cm³/mol. The minimum Gasteiger partial charge on any atom is -0.484 e. The highest BCUT2D eigenvalue weighted by atomic mass is 16.5. The van der Waals surface area contributed by atoms with Crippen molar-refractivity contribution < 1.29 is 28.6 Å². The normalized spacial score (nSPS) is 17.6. The van der Waals surface area contributed by atoms with Crippen molar-refractivity contribution in [3.05, 3.63) is 52.8 Å². The summed E-state index contributed by atoms with van der Waals surface area (Å²) in [7, 11) is 1.66. The Labute approximate surface area is 213 Å². The van der Waals surface area contributed by atoms with E-state index in [1.807, 2.05) is 24.8 Å². The van der Waals surface area contributed by atoms with Crippen LogP contribution in [0.2, 0.25) is 0 Å². The van der Waals surface area contributed by atoms with E-state index in [2.05, 4.69) is 18.4 Å². The molecule has 3 rings (SSSR count). The first-order chi connectivity index (χ1) is 17.2. The van der Waals surface area contributed by atoms with Crippen molar-refractivity contribution in [1.29, 1.82) is 0 Å². The molecule has 36 heavy (non-hydrogen) atoms. The largest absolute Gasteiger partial charge is 0.484 e. The third-order valence-corrected chi connectivity index (χ3v) is 6.87. The Morgan fingerprint density at radius 3 is 2.31 bits per heavy atom. The molecule has 1 aliphatic rings. The van der Waals surface area contributed by atoms with Crippen LogP contribution in [0.15, 0.2) is 30.3 Å². The number of hydrogen-bond acceptors (Lipinski definition) is 6. The van der Waals surface area contributed by atoms with Gasteiger partial charge in [-0.1, -0.05) is 0 Å². The van der Waals surface area contributed by atoms with Crippen LogP contribution < -0.4 is 4.74 Å². The summed E-state index contributed by atoms with van der Waals surface area (Å²) in [5.74, 6) is -0.367. The topological polar surface area (TPSA) is 87.1 Å². The molecule has 0 radical (unpaired) electrons. The number of carbonyl (C=O) groups is 3. The van der Waals surface area contributed by atoms with Crippen LogP contribution in [0.3, 0.4) is 0 Å². The number of esters is 1. The van der Waals surface area contributed by atoms with Crippen LogP contribution in [0.4, 0.5) is 0 Å². The van der Waals surface area contributed by atoms with Gasteiger partial charge in [0.2, 0.25) is 5.78 Å². The van der Waals surface area contributed by atoms with Gasteiger partial charge >= 0.3 is 5.97 Å². The molecule has 8 nitrogen and oxygen atoms in total. The molecule has 196 valence electrons. The van der Waals surface area contributed by atoms with Crippen LogP contribution in [0.5, 0.6) is 5.75 Å². The van der Waals surface area contributed by atoms with Gasteiger partial charge in [0.05, 0.1) is 5.56 Å². The maximum absolute atomic E-state index is 12.7. The standard InChI is InChI=1S/C28H38N2O6/c1-19-8-6-9-20(2)30(19)27(32)18-35-24-12-10-23(11-13-24)28(33)36-17-26(31)25-16-21(3)29(22(25)4)14-7-15-34-5/h10-13,16,19-20H,6-9,14-15,17-18H2,1-5H3. The number of Topliss-reactive ketones (excluding diaryl/α,β-unsaturated/α-hetero) is 1. The van der Waals surface area contributed by atoms with Crippen LogP contribution in [0.25, 0.3) is 0 Å². The Hall–Kier alpha value is -3.13. The first kappa shape index (κ1) is 27.5. The van der Waals surface area contributed by atoms with Crippen molar-refractivity contribution in [3.63, 3.8) is 0 Å². The summed E-state index contributed by atoms with van der Waals surface area (Å²) in [6.07, 6.45) is 4.00. The van der Waals surface area contributed by atoms with Crippen molar-refractivity contribution in [2.45, 2.75) is 72.0 Å². The molecular formula is C28H38N2O6. The van der Waals surface area contributed by atoms with E-state index < -0.39 is 5.97 Å². The summed E-state index contributed by atoms with van der Waals surface area (Å²) < 4.78 is 18.1. The molecule has 1 aromatic heterocycles. The van der Waals surface area contributed by atoms with Gasteiger partial charge < -0.3 is 23.7 Å². The lowest BCUT2D eigenvalue weighted by Gasteiger charge is -2.38. The second-order valence-corrected chi connectivity index (χ2v) is 9.53. The van der Waals surface area contributed by atoms with E-state index >= 15 is 0 Å². The Kier molecular flexibility index (Phi) is 9.70. The molecule has 0 N–H and O–H groups in total. The first-order valence-corrected chi connectivity index (χ1v) is 12.6. The fourth-order valence-corrected chi connectivity index (χ4v) is 4.91. The summed E-state index contributed by atoms with van der Waals surface area (Å²) in [6.45, 7) is 9.01. The van der Waals surface area contributed by atoms with Crippen molar-refractivity contribution in [2.24, 2.45) is 0 Å². The molecule has 1 aliphatic heterocycles. The molecule has 0 bridgehead atoms. The number of hydrogen-bond donors (Lipinski definition) is 0. The van der Waals surface area contributed by atoms with Crippen molar-refractivity contribution in [1.82, 2.24) is 9.47 Å². The van der Waals surface area contributed by atoms with Crippen LogP contribution in [0.1, 0.15) is 71.6 Å². The van der Waals surface area contributed by atoms with E-state index in [1.54, 1.807) is 31.4 Å². The number of benzene rings is 1. The molecule has 2 unspecified atom stereocenters. The minimum atomic E-state index is -0.587. The zero-order chi connectivity index (χ0) is 26.2. The van der Waals surface area contributed by atoms with E-state index in [0.29, 0.717) is 23.5 Å². The lowest BCUT2D eigenvalue weighted by atomic mass is 9.97. The first-order valence-electron chi connectivity index (χ1n) is 12.6. The molecule has 1 saturated heterocycles. The Bertz CT molecular complexity index is 1050. The predicted octanol–water partition coefficient (Wildman–Crippen LogP) is 4.35. The number of nitrogens with zero attached hydrogens (tertiary/aromatic N) is 2. The van der Waals surface area contributed by atoms with Crippen LogP contribution in [-0.2, 0) is 20.8 Å². The van der Waals surface area contributed by atoms with E-state index in [9.17, 15) is 14.4 Å². The fraction of sp³-hybridized carbons (Fsp3) is 0.536. The highest BCUT2D eigenvalue weighted by Gasteiger charge is 2.29. The van der Waals surface area contributed by atoms with Gasteiger partial charge in [-0.25, -0.2) is 4.79 Å². The number of ketones is 1. The number of aromatic nitrogens is 1. The number of methoxy groups -OCH3 is 1. The van der Waals surface area contributed by atoms with Crippen molar-refractivity contribution >= 4 is 17.7 Å². The fourth-order valence-electron chi connectivity index (χ4n) is 4.91. The summed E-state index contributed by atoms with van der Waals surface area (Å²) >= 11 is 0. The van der Waals surface area contributed by atoms with E-state index in [-0.39, 0.29) is 37.0 Å². The third-order valence-electron chi connectivity index (χ3n) is 6.87. The maximum Gasteiger partial charge on any atom is 0.338 e. The highest BCUT2D eigenvalue weighted by molar-refractivity contribution is 6.00. The molecule has 1 fully saturated rings. The Balaban J connectivity index is 1.50. The molecule has 1 amide bonds. The van der Waals surface area contributed by atoms with E-state index in [4.69, 9.17) is 14.2 Å². The molecule has 0 spiro atoms. The molecular weight excluding hydrogens is 460 g/mol. The Morgan fingerprint density at radius 2 is 1.67 bits per heavy atom. The summed E-state index contributed by atoms with van der Waals surface area (Å²) in [4.78, 5) is 39.7. The van der Waals surface area contributed by atoms with Gasteiger partial charge in [-0.3, -0.25) is 9.59 Å². The molecule has 2 aromatic rings. The lowest BCUT2D eigenvalue weighted by molar-refractivity contribution is -0.139. The van der Waals surface area contributed by atoms with Gasteiger partial charge in [-0.05, 0) is 83.7 Å². The second-order valence-electron chi connectivity index (χ2n) is 9.53. The average Bonchev–Trinajstić information content (AvgIpc) is 3.14. The van der Waals surface area contributed by atoms with E-state index in [0.717, 1.165) is 43.6 Å². The SMILES string of the molecule is COCCCn1c(C)cc(C(=O)COC(=O)c2ccc(OCC(=O)N3C(C)CCCC3C)cc2)c1C. The molecule has 2 heterocycles. The van der Waals surface area contributed by atoms with Crippen molar-refractivity contribution in [3.8, 4) is 5.75 Å². The van der Waals surface area contributed by atoms with Gasteiger partial charge in [0, 0.05) is 49.3 Å². The summed E-state index contributed by atoms with van der Waals surface area (Å²) in [5, 5.41) is 0. The number of rotatable bonds is 11. The van der Waals surface area contributed by atoms with Crippen LogP contribution in [-0.4, -0.2) is 66.1 Å². The zero-order valence-electron chi connectivity index (χ0n) is 22.0. The molecule has 1 aromatic carbocycles. The average molecular weight is 499 g/mol. The van der Waals surface area contributed by atoms with Gasteiger partial charge in [0.15, 0.2) is 13.2 Å². The highest BCUT2D eigenvalue weighted by Crippen LogP contribution is 2.23. The third kappa shape index (κ3) is 6.75.